The van der Waals surface area contributed by atoms with E-state index in [0.717, 1.165) is 54.5 Å². The van der Waals surface area contributed by atoms with Gasteiger partial charge in [0.05, 0.1) is 18.1 Å². The lowest BCUT2D eigenvalue weighted by atomic mass is 9.95. The number of hydrogen-bond acceptors (Lipinski definition) is 6. The zero-order chi connectivity index (χ0) is 20.4. The Hall–Kier alpha value is -2.67. The van der Waals surface area contributed by atoms with Crippen molar-refractivity contribution >= 4 is 34.2 Å². The molecule has 2 aliphatic rings. The van der Waals surface area contributed by atoms with E-state index in [9.17, 15) is 14.4 Å². The molecule has 1 saturated carbocycles. The summed E-state index contributed by atoms with van der Waals surface area (Å²) in [5, 5.41) is 3.23. The molecule has 0 radical (unpaired) electrons. The summed E-state index contributed by atoms with van der Waals surface area (Å²) in [6.07, 6.45) is 5.24. The molecule has 0 unspecified atom stereocenters. The molecule has 6 nitrogen and oxygen atoms in total. The maximum absolute atomic E-state index is 12.6. The van der Waals surface area contributed by atoms with E-state index in [1.165, 1.54) is 18.4 Å². The number of carbonyl (C=O) groups is 3. The first-order chi connectivity index (χ1) is 14.0. The van der Waals surface area contributed by atoms with Crippen molar-refractivity contribution in [2.75, 3.05) is 19.0 Å². The number of anilines is 1. The van der Waals surface area contributed by atoms with Gasteiger partial charge in [0.15, 0.2) is 6.61 Å². The Morgan fingerprint density at radius 1 is 1.10 bits per heavy atom. The molecule has 0 spiro atoms. The summed E-state index contributed by atoms with van der Waals surface area (Å²) >= 11 is 1.41. The minimum atomic E-state index is -0.624. The highest BCUT2D eigenvalue weighted by Gasteiger charge is 2.52. The van der Waals surface area contributed by atoms with Crippen LogP contribution in [0.3, 0.4) is 0 Å². The second-order valence-electron chi connectivity index (χ2n) is 7.48. The van der Waals surface area contributed by atoms with Crippen molar-refractivity contribution < 1.29 is 23.9 Å². The Bertz CT molecular complexity index is 946. The second-order valence-corrected chi connectivity index (χ2v) is 8.58. The Morgan fingerprint density at radius 3 is 2.52 bits per heavy atom. The van der Waals surface area contributed by atoms with Crippen LogP contribution in [0.4, 0.5) is 5.00 Å². The van der Waals surface area contributed by atoms with Crippen LogP contribution in [0.1, 0.15) is 52.0 Å². The van der Waals surface area contributed by atoms with Gasteiger partial charge in [-0.3, -0.25) is 9.59 Å². The van der Waals surface area contributed by atoms with Crippen LogP contribution in [-0.2, 0) is 37.3 Å². The van der Waals surface area contributed by atoms with Crippen molar-refractivity contribution in [2.24, 2.45) is 0 Å². The summed E-state index contributed by atoms with van der Waals surface area (Å²) in [4.78, 5) is 38.4. The summed E-state index contributed by atoms with van der Waals surface area (Å²) in [6.45, 7) is -0.378. The third kappa shape index (κ3) is 3.79. The van der Waals surface area contributed by atoms with Gasteiger partial charge < -0.3 is 14.8 Å². The van der Waals surface area contributed by atoms with Gasteiger partial charge in [0, 0.05) is 4.88 Å². The molecule has 1 amide bonds. The van der Waals surface area contributed by atoms with Crippen molar-refractivity contribution in [3.63, 3.8) is 0 Å². The largest absolute Gasteiger partial charge is 0.465 e. The average molecular weight is 413 g/mol. The molecular weight excluding hydrogens is 390 g/mol. The van der Waals surface area contributed by atoms with E-state index in [2.05, 4.69) is 5.32 Å². The Kier molecular flexibility index (Phi) is 5.41. The topological polar surface area (TPSA) is 81.7 Å². The van der Waals surface area contributed by atoms with Gasteiger partial charge in [-0.25, -0.2) is 4.79 Å². The molecule has 1 fully saturated rings. The Balaban J connectivity index is 1.42. The molecule has 1 aromatic heterocycles. The fourth-order valence-corrected chi connectivity index (χ4v) is 5.19. The van der Waals surface area contributed by atoms with Crippen LogP contribution in [0.25, 0.3) is 0 Å². The fraction of sp³-hybridized carbons (Fsp3) is 0.409. The lowest BCUT2D eigenvalue weighted by molar-refractivity contribution is -0.150. The first-order valence-electron chi connectivity index (χ1n) is 9.80. The van der Waals surface area contributed by atoms with E-state index >= 15 is 0 Å². The lowest BCUT2D eigenvalue weighted by Gasteiger charge is -2.14. The highest BCUT2D eigenvalue weighted by molar-refractivity contribution is 7.17. The number of aryl methyl sites for hydroxylation is 1. The molecule has 2 aliphatic carbocycles. The average Bonchev–Trinajstić information content (AvgIpc) is 3.48. The maximum Gasteiger partial charge on any atom is 0.341 e. The lowest BCUT2D eigenvalue weighted by Crippen LogP contribution is -2.28. The molecule has 1 N–H and O–H groups in total. The van der Waals surface area contributed by atoms with Crippen molar-refractivity contribution in [2.45, 2.75) is 43.9 Å². The number of methoxy groups -OCH3 is 1. The number of esters is 2. The molecule has 0 atom stereocenters. The molecule has 1 aromatic carbocycles. The standard InChI is InChI=1S/C22H23NO5S/c1-27-20(25)18-15-9-5-6-10-16(15)29-19(18)23-17(24)13-28-21(26)22(11-12-22)14-7-3-2-4-8-14/h2-4,7-8H,5-6,9-13H2,1H3,(H,23,24). The third-order valence-corrected chi connectivity index (χ3v) is 6.82. The SMILES string of the molecule is COC(=O)c1c(NC(=O)COC(=O)C2(c3ccccc3)CC2)sc2c1CCCC2. The summed E-state index contributed by atoms with van der Waals surface area (Å²) in [6, 6.07) is 9.50. The van der Waals surface area contributed by atoms with Crippen LogP contribution in [0.2, 0.25) is 0 Å². The minimum Gasteiger partial charge on any atom is -0.465 e. The highest BCUT2D eigenvalue weighted by Crippen LogP contribution is 2.49. The third-order valence-electron chi connectivity index (χ3n) is 5.62. The van der Waals surface area contributed by atoms with Crippen LogP contribution >= 0.6 is 11.3 Å². The maximum atomic E-state index is 12.6. The predicted octanol–water partition coefficient (Wildman–Crippen LogP) is 3.63. The van der Waals surface area contributed by atoms with Crippen LogP contribution in [0.5, 0.6) is 0 Å². The van der Waals surface area contributed by atoms with Gasteiger partial charge in [0.2, 0.25) is 0 Å². The smallest absolute Gasteiger partial charge is 0.341 e. The van der Waals surface area contributed by atoms with E-state index in [0.29, 0.717) is 10.6 Å². The second kappa shape index (κ2) is 7.99. The van der Waals surface area contributed by atoms with Crippen molar-refractivity contribution in [3.8, 4) is 0 Å². The number of ether oxygens (including phenoxy) is 2. The van der Waals surface area contributed by atoms with Crippen LogP contribution in [0, 0.1) is 0 Å². The van der Waals surface area contributed by atoms with E-state index in [1.807, 2.05) is 30.3 Å². The number of nitrogens with one attached hydrogen (secondary N) is 1. The van der Waals surface area contributed by atoms with Gasteiger partial charge in [-0.2, -0.15) is 0 Å². The predicted molar refractivity (Wildman–Crippen MR) is 109 cm³/mol. The Labute approximate surface area is 173 Å². The van der Waals surface area contributed by atoms with Crippen LogP contribution < -0.4 is 5.32 Å². The minimum absolute atomic E-state index is 0.377. The Morgan fingerprint density at radius 2 is 1.83 bits per heavy atom. The molecule has 4 rings (SSSR count). The molecule has 1 heterocycles. The molecule has 2 aromatic rings. The van der Waals surface area contributed by atoms with Gasteiger partial charge in [0.1, 0.15) is 5.00 Å². The van der Waals surface area contributed by atoms with E-state index in [1.54, 1.807) is 0 Å². The molecular formula is C22H23NO5S. The number of amides is 1. The molecule has 152 valence electrons. The zero-order valence-corrected chi connectivity index (χ0v) is 17.1. The summed E-state index contributed by atoms with van der Waals surface area (Å²) in [7, 11) is 1.33. The van der Waals surface area contributed by atoms with E-state index in [-0.39, 0.29) is 12.6 Å². The summed E-state index contributed by atoms with van der Waals surface area (Å²) < 4.78 is 10.2. The number of fused-ring (bicyclic) bond motifs is 1. The van der Waals surface area contributed by atoms with Gasteiger partial charge in [-0.05, 0) is 49.7 Å². The quantitative estimate of drug-likeness (QED) is 0.732. The number of rotatable bonds is 6. The number of benzene rings is 1. The normalized spacial score (nSPS) is 16.4. The summed E-state index contributed by atoms with van der Waals surface area (Å²) in [5.41, 5.74) is 1.71. The number of thiophene rings is 1. The molecule has 7 heteroatoms. The first-order valence-corrected chi connectivity index (χ1v) is 10.6. The number of carbonyl (C=O) groups excluding carboxylic acids is 3. The van der Waals surface area contributed by atoms with Gasteiger partial charge in [0.25, 0.3) is 5.91 Å². The monoisotopic (exact) mass is 413 g/mol. The molecule has 29 heavy (non-hydrogen) atoms. The fourth-order valence-electron chi connectivity index (χ4n) is 3.90. The van der Waals surface area contributed by atoms with E-state index < -0.39 is 17.3 Å². The molecule has 0 bridgehead atoms. The molecule has 0 saturated heterocycles. The first kappa shape index (κ1) is 19.6. The number of hydrogen-bond donors (Lipinski definition) is 1. The van der Waals surface area contributed by atoms with Crippen LogP contribution in [0.15, 0.2) is 30.3 Å². The van der Waals surface area contributed by atoms with Gasteiger partial charge in [-0.15, -0.1) is 11.3 Å². The van der Waals surface area contributed by atoms with Gasteiger partial charge >= 0.3 is 11.9 Å². The zero-order valence-electron chi connectivity index (χ0n) is 16.3. The van der Waals surface area contributed by atoms with Crippen molar-refractivity contribution in [3.05, 3.63) is 51.9 Å². The molecule has 0 aliphatic heterocycles. The van der Waals surface area contributed by atoms with Crippen molar-refractivity contribution in [1.82, 2.24) is 0 Å². The van der Waals surface area contributed by atoms with Gasteiger partial charge in [-0.1, -0.05) is 30.3 Å². The van der Waals surface area contributed by atoms with Crippen LogP contribution in [-0.4, -0.2) is 31.6 Å². The van der Waals surface area contributed by atoms with Crippen molar-refractivity contribution in [1.29, 1.82) is 0 Å². The summed E-state index contributed by atoms with van der Waals surface area (Å²) in [5.74, 6) is -1.28. The highest BCUT2D eigenvalue weighted by atomic mass is 32.1. The van der Waals surface area contributed by atoms with E-state index in [4.69, 9.17) is 9.47 Å².